The van der Waals surface area contributed by atoms with E-state index in [1.165, 1.54) is 7.11 Å². The Morgan fingerprint density at radius 1 is 0.815 bits per heavy atom. The number of hydrogen-bond donors (Lipinski definition) is 1. The van der Waals surface area contributed by atoms with Crippen LogP contribution in [0.4, 0.5) is 0 Å². The summed E-state index contributed by atoms with van der Waals surface area (Å²) in [6.07, 6.45) is 0.519. The Balaban J connectivity index is 2.40. The van der Waals surface area contributed by atoms with Crippen molar-refractivity contribution in [3.8, 4) is 0 Å². The van der Waals surface area contributed by atoms with Gasteiger partial charge in [-0.2, -0.15) is 0 Å². The summed E-state index contributed by atoms with van der Waals surface area (Å²) in [5.74, 6) is -0.697. The third-order valence-electron chi connectivity index (χ3n) is 5.15. The highest BCUT2D eigenvalue weighted by atomic mass is 16.5. The van der Waals surface area contributed by atoms with E-state index in [1.54, 1.807) is 0 Å². The molecule has 3 rings (SSSR count). The van der Waals surface area contributed by atoms with Gasteiger partial charge in [-0.15, -0.1) is 0 Å². The highest BCUT2D eigenvalue weighted by molar-refractivity contribution is 5.78. The molecule has 3 nitrogen and oxygen atoms in total. The normalized spacial score (nSPS) is 12.4. The molecule has 0 aliphatic heterocycles. The number of hydrogen-bond acceptors (Lipinski definition) is 3. The van der Waals surface area contributed by atoms with Crippen LogP contribution >= 0.6 is 0 Å². The van der Waals surface area contributed by atoms with Gasteiger partial charge in [-0.3, -0.25) is 4.79 Å². The number of carbonyl (C=O) groups excluding carboxylic acids is 1. The maximum atomic E-state index is 13.0. The Kier molecular flexibility index (Phi) is 6.05. The summed E-state index contributed by atoms with van der Waals surface area (Å²) in [6, 6.07) is 30.5. The number of rotatable bonds is 7. The molecule has 0 fully saturated rings. The standard InChI is InChI=1S/C24H25NO2/c1-27-23(26)22(17-18-25)24(19-11-5-2-6-12-19,20-13-7-3-8-14-20)21-15-9-4-10-16-21/h2-16,22H,17-18,25H2,1H3. The molecule has 27 heavy (non-hydrogen) atoms. The fraction of sp³-hybridized carbons (Fsp3) is 0.208. The fourth-order valence-electron chi connectivity index (χ4n) is 4.03. The second-order valence-corrected chi connectivity index (χ2v) is 6.56. The first-order chi connectivity index (χ1) is 13.2. The molecule has 3 heteroatoms. The van der Waals surface area contributed by atoms with E-state index in [0.29, 0.717) is 13.0 Å². The van der Waals surface area contributed by atoms with Crippen molar-refractivity contribution in [2.45, 2.75) is 11.8 Å². The van der Waals surface area contributed by atoms with Crippen LogP contribution in [0, 0.1) is 5.92 Å². The maximum Gasteiger partial charge on any atom is 0.310 e. The van der Waals surface area contributed by atoms with Crippen molar-refractivity contribution in [1.82, 2.24) is 0 Å². The molecule has 0 radical (unpaired) electrons. The van der Waals surface area contributed by atoms with Crippen LogP contribution in [0.15, 0.2) is 91.0 Å². The van der Waals surface area contributed by atoms with Crippen LogP contribution in [0.2, 0.25) is 0 Å². The minimum Gasteiger partial charge on any atom is -0.469 e. The molecule has 0 spiro atoms. The van der Waals surface area contributed by atoms with E-state index in [-0.39, 0.29) is 5.97 Å². The van der Waals surface area contributed by atoms with Gasteiger partial charge in [0.2, 0.25) is 0 Å². The van der Waals surface area contributed by atoms with Crippen LogP contribution in [0.5, 0.6) is 0 Å². The molecule has 0 saturated heterocycles. The summed E-state index contributed by atoms with van der Waals surface area (Å²) in [5, 5.41) is 0. The van der Waals surface area contributed by atoms with Crippen molar-refractivity contribution in [2.24, 2.45) is 11.7 Å². The summed E-state index contributed by atoms with van der Waals surface area (Å²) in [4.78, 5) is 13.0. The summed E-state index contributed by atoms with van der Waals surface area (Å²) in [7, 11) is 1.44. The first-order valence-corrected chi connectivity index (χ1v) is 9.19. The van der Waals surface area contributed by atoms with Gasteiger partial charge in [-0.1, -0.05) is 91.0 Å². The molecule has 3 aromatic carbocycles. The lowest BCUT2D eigenvalue weighted by Gasteiger charge is -2.41. The SMILES string of the molecule is COC(=O)C(CCN)C(c1ccccc1)(c1ccccc1)c1ccccc1. The van der Waals surface area contributed by atoms with Gasteiger partial charge in [0.25, 0.3) is 0 Å². The lowest BCUT2D eigenvalue weighted by molar-refractivity contribution is -0.147. The predicted octanol–water partition coefficient (Wildman–Crippen LogP) is 4.16. The highest BCUT2D eigenvalue weighted by Gasteiger charge is 2.47. The van der Waals surface area contributed by atoms with Gasteiger partial charge in [-0.05, 0) is 29.7 Å². The fourth-order valence-corrected chi connectivity index (χ4v) is 4.03. The van der Waals surface area contributed by atoms with Crippen molar-refractivity contribution >= 4 is 5.97 Å². The second kappa shape index (κ2) is 8.65. The molecule has 0 saturated carbocycles. The van der Waals surface area contributed by atoms with E-state index in [9.17, 15) is 4.79 Å². The van der Waals surface area contributed by atoms with Gasteiger partial charge in [0.15, 0.2) is 0 Å². The van der Waals surface area contributed by atoms with Crippen molar-refractivity contribution in [3.63, 3.8) is 0 Å². The number of ether oxygens (including phenoxy) is 1. The Labute approximate surface area is 160 Å². The van der Waals surface area contributed by atoms with Crippen LogP contribution < -0.4 is 5.73 Å². The Bertz CT molecular complexity index is 751. The molecular weight excluding hydrogens is 334 g/mol. The summed E-state index contributed by atoms with van der Waals surface area (Å²) in [5.41, 5.74) is 8.40. The van der Waals surface area contributed by atoms with Crippen LogP contribution in [-0.2, 0) is 14.9 Å². The van der Waals surface area contributed by atoms with Gasteiger partial charge < -0.3 is 10.5 Å². The molecule has 138 valence electrons. The topological polar surface area (TPSA) is 52.3 Å². The van der Waals surface area contributed by atoms with Gasteiger partial charge in [0, 0.05) is 0 Å². The molecule has 1 atom stereocenters. The highest BCUT2D eigenvalue weighted by Crippen LogP contribution is 2.47. The summed E-state index contributed by atoms with van der Waals surface area (Å²) >= 11 is 0. The predicted molar refractivity (Wildman–Crippen MR) is 108 cm³/mol. The van der Waals surface area contributed by atoms with Crippen LogP contribution in [-0.4, -0.2) is 19.6 Å². The van der Waals surface area contributed by atoms with E-state index in [1.807, 2.05) is 54.6 Å². The Morgan fingerprint density at radius 3 is 1.48 bits per heavy atom. The zero-order valence-corrected chi connectivity index (χ0v) is 15.5. The van der Waals surface area contributed by atoms with Gasteiger partial charge in [0.1, 0.15) is 0 Å². The summed E-state index contributed by atoms with van der Waals surface area (Å²) in [6.45, 7) is 0.397. The molecule has 0 bridgehead atoms. The molecule has 0 aromatic heterocycles. The Morgan fingerprint density at radius 2 is 1.19 bits per heavy atom. The Hall–Kier alpha value is -2.91. The minimum atomic E-state index is -0.684. The lowest BCUT2D eigenvalue weighted by atomic mass is 9.61. The van der Waals surface area contributed by atoms with E-state index >= 15 is 0 Å². The molecule has 3 aromatic rings. The van der Waals surface area contributed by atoms with Crippen LogP contribution in [0.25, 0.3) is 0 Å². The third-order valence-corrected chi connectivity index (χ3v) is 5.15. The zero-order chi connectivity index (χ0) is 19.1. The zero-order valence-electron chi connectivity index (χ0n) is 15.5. The lowest BCUT2D eigenvalue weighted by Crippen LogP contribution is -2.43. The number of carbonyl (C=O) groups is 1. The molecule has 0 aliphatic carbocycles. The van der Waals surface area contributed by atoms with E-state index in [2.05, 4.69) is 36.4 Å². The number of esters is 1. The molecule has 1 unspecified atom stereocenters. The van der Waals surface area contributed by atoms with Crippen molar-refractivity contribution in [2.75, 3.05) is 13.7 Å². The quantitative estimate of drug-likeness (QED) is 0.509. The number of nitrogens with two attached hydrogens (primary N) is 1. The van der Waals surface area contributed by atoms with Crippen molar-refractivity contribution in [3.05, 3.63) is 108 Å². The average Bonchev–Trinajstić information content (AvgIpc) is 2.75. The number of benzene rings is 3. The third kappa shape index (κ3) is 3.51. The first-order valence-electron chi connectivity index (χ1n) is 9.19. The van der Waals surface area contributed by atoms with Gasteiger partial charge in [-0.25, -0.2) is 0 Å². The molecule has 0 heterocycles. The van der Waals surface area contributed by atoms with Gasteiger partial charge in [0.05, 0.1) is 18.4 Å². The van der Waals surface area contributed by atoms with E-state index in [0.717, 1.165) is 16.7 Å². The summed E-state index contributed by atoms with van der Waals surface area (Å²) < 4.78 is 5.24. The van der Waals surface area contributed by atoms with Crippen molar-refractivity contribution in [1.29, 1.82) is 0 Å². The monoisotopic (exact) mass is 359 g/mol. The van der Waals surface area contributed by atoms with Crippen LogP contribution in [0.3, 0.4) is 0 Å². The smallest absolute Gasteiger partial charge is 0.310 e. The average molecular weight is 359 g/mol. The van der Waals surface area contributed by atoms with Crippen LogP contribution in [0.1, 0.15) is 23.1 Å². The molecule has 2 N–H and O–H groups in total. The molecule has 0 amide bonds. The largest absolute Gasteiger partial charge is 0.469 e. The maximum absolute atomic E-state index is 13.0. The molecular formula is C24H25NO2. The number of methoxy groups -OCH3 is 1. The molecule has 0 aliphatic rings. The second-order valence-electron chi connectivity index (χ2n) is 6.56. The van der Waals surface area contributed by atoms with E-state index < -0.39 is 11.3 Å². The van der Waals surface area contributed by atoms with Crippen molar-refractivity contribution < 1.29 is 9.53 Å². The first kappa shape index (κ1) is 18.9. The minimum absolute atomic E-state index is 0.253. The van der Waals surface area contributed by atoms with E-state index in [4.69, 9.17) is 10.5 Å². The van der Waals surface area contributed by atoms with Gasteiger partial charge >= 0.3 is 5.97 Å².